The summed E-state index contributed by atoms with van der Waals surface area (Å²) in [5.74, 6) is -0.890. The standard InChI is InChI=1S/C23H24O2/c1-2-3-4-5-8-17-15-16-21(22-10-7-6-9-20(17)22)18-11-13-19(14-12-18)23(24)25/h6-7,9-16H,2-5,8H2,1H3,(H,24,25). The summed E-state index contributed by atoms with van der Waals surface area (Å²) < 4.78 is 0. The van der Waals surface area contributed by atoms with Crippen LogP contribution in [0, 0.1) is 0 Å². The first-order valence-electron chi connectivity index (χ1n) is 9.05. The molecule has 3 aromatic rings. The lowest BCUT2D eigenvalue weighted by Gasteiger charge is -2.12. The van der Waals surface area contributed by atoms with E-state index in [1.165, 1.54) is 42.0 Å². The fourth-order valence-corrected chi connectivity index (χ4v) is 3.37. The van der Waals surface area contributed by atoms with E-state index in [4.69, 9.17) is 5.11 Å². The Morgan fingerprint density at radius 1 is 0.840 bits per heavy atom. The topological polar surface area (TPSA) is 37.3 Å². The van der Waals surface area contributed by atoms with Gasteiger partial charge in [-0.3, -0.25) is 0 Å². The van der Waals surface area contributed by atoms with Crippen LogP contribution in [0.4, 0.5) is 0 Å². The summed E-state index contributed by atoms with van der Waals surface area (Å²) in [6.07, 6.45) is 6.17. The van der Waals surface area contributed by atoms with Gasteiger partial charge in [0.1, 0.15) is 0 Å². The SMILES string of the molecule is CCCCCCc1ccc(-c2ccc(C(=O)O)cc2)c2ccccc12. The molecule has 1 N–H and O–H groups in total. The minimum Gasteiger partial charge on any atom is -0.478 e. The highest BCUT2D eigenvalue weighted by Crippen LogP contribution is 2.31. The molecule has 0 spiro atoms. The Kier molecular flexibility index (Phi) is 5.49. The van der Waals surface area contributed by atoms with Crippen LogP contribution in [0.15, 0.2) is 60.7 Å². The van der Waals surface area contributed by atoms with E-state index < -0.39 is 5.97 Å². The number of carboxylic acids is 1. The summed E-state index contributed by atoms with van der Waals surface area (Å²) in [6, 6.07) is 20.1. The molecular weight excluding hydrogens is 308 g/mol. The van der Waals surface area contributed by atoms with Crippen LogP contribution in [-0.4, -0.2) is 11.1 Å². The number of carboxylic acid groups (broad SMARTS) is 1. The fourth-order valence-electron chi connectivity index (χ4n) is 3.37. The number of unbranched alkanes of at least 4 members (excludes halogenated alkanes) is 3. The lowest BCUT2D eigenvalue weighted by molar-refractivity contribution is 0.0697. The maximum atomic E-state index is 11.1. The molecule has 25 heavy (non-hydrogen) atoms. The molecule has 0 aliphatic rings. The molecule has 128 valence electrons. The Morgan fingerprint density at radius 3 is 2.24 bits per heavy atom. The average Bonchev–Trinajstić information content (AvgIpc) is 2.65. The lowest BCUT2D eigenvalue weighted by atomic mass is 9.92. The highest BCUT2D eigenvalue weighted by molar-refractivity contribution is 5.99. The van der Waals surface area contributed by atoms with Crippen molar-refractivity contribution >= 4 is 16.7 Å². The first-order chi connectivity index (χ1) is 12.2. The zero-order valence-corrected chi connectivity index (χ0v) is 14.7. The molecule has 2 heteroatoms. The van der Waals surface area contributed by atoms with Gasteiger partial charge in [0, 0.05) is 0 Å². The molecule has 0 fully saturated rings. The Morgan fingerprint density at radius 2 is 1.56 bits per heavy atom. The molecule has 0 amide bonds. The first-order valence-corrected chi connectivity index (χ1v) is 9.05. The van der Waals surface area contributed by atoms with Gasteiger partial charge in [0.25, 0.3) is 0 Å². The number of carbonyl (C=O) groups is 1. The van der Waals surface area contributed by atoms with Gasteiger partial charge >= 0.3 is 5.97 Å². The maximum absolute atomic E-state index is 11.1. The number of rotatable bonds is 7. The van der Waals surface area contributed by atoms with E-state index in [1.807, 2.05) is 12.1 Å². The Labute approximate surface area is 149 Å². The van der Waals surface area contributed by atoms with Crippen LogP contribution in [0.2, 0.25) is 0 Å². The molecule has 0 unspecified atom stereocenters. The van der Waals surface area contributed by atoms with E-state index in [0.717, 1.165) is 17.5 Å². The molecule has 0 heterocycles. The molecule has 3 rings (SSSR count). The van der Waals surface area contributed by atoms with Crippen LogP contribution >= 0.6 is 0 Å². The van der Waals surface area contributed by atoms with E-state index in [0.29, 0.717) is 5.56 Å². The predicted octanol–water partition coefficient (Wildman–Crippen LogP) is 6.33. The number of hydrogen-bond donors (Lipinski definition) is 1. The van der Waals surface area contributed by atoms with Crippen molar-refractivity contribution in [2.75, 3.05) is 0 Å². The third kappa shape index (κ3) is 3.90. The Balaban J connectivity index is 1.96. The highest BCUT2D eigenvalue weighted by atomic mass is 16.4. The van der Waals surface area contributed by atoms with Gasteiger partial charge in [-0.1, -0.05) is 74.7 Å². The Hall–Kier alpha value is -2.61. The van der Waals surface area contributed by atoms with Crippen LogP contribution in [-0.2, 0) is 6.42 Å². The van der Waals surface area contributed by atoms with Crippen LogP contribution in [0.5, 0.6) is 0 Å². The van der Waals surface area contributed by atoms with Gasteiger partial charge in [-0.2, -0.15) is 0 Å². The molecule has 0 radical (unpaired) electrons. The summed E-state index contributed by atoms with van der Waals surface area (Å²) in [5, 5.41) is 11.6. The first kappa shape index (κ1) is 17.2. The fraction of sp³-hybridized carbons (Fsp3) is 0.261. The maximum Gasteiger partial charge on any atom is 0.335 e. The molecular formula is C23H24O2. The van der Waals surface area contributed by atoms with Gasteiger partial charge in [0.2, 0.25) is 0 Å². The molecule has 0 bridgehead atoms. The van der Waals surface area contributed by atoms with E-state index >= 15 is 0 Å². The van der Waals surface area contributed by atoms with Crippen LogP contribution in [0.3, 0.4) is 0 Å². The summed E-state index contributed by atoms with van der Waals surface area (Å²) in [5.41, 5.74) is 3.93. The molecule has 0 aliphatic heterocycles. The summed E-state index contributed by atoms with van der Waals surface area (Å²) in [7, 11) is 0. The van der Waals surface area contributed by atoms with Gasteiger partial charge in [-0.05, 0) is 52.4 Å². The van der Waals surface area contributed by atoms with Crippen molar-refractivity contribution in [3.05, 3.63) is 71.8 Å². The van der Waals surface area contributed by atoms with E-state index in [1.54, 1.807) is 12.1 Å². The zero-order valence-electron chi connectivity index (χ0n) is 14.7. The van der Waals surface area contributed by atoms with Gasteiger partial charge in [0.15, 0.2) is 0 Å². The summed E-state index contributed by atoms with van der Waals surface area (Å²) in [6.45, 7) is 2.24. The van der Waals surface area contributed by atoms with Crippen LogP contribution in [0.25, 0.3) is 21.9 Å². The summed E-state index contributed by atoms with van der Waals surface area (Å²) >= 11 is 0. The molecule has 0 aromatic heterocycles. The minimum absolute atomic E-state index is 0.320. The van der Waals surface area contributed by atoms with Gasteiger partial charge < -0.3 is 5.11 Å². The van der Waals surface area contributed by atoms with Crippen molar-refractivity contribution in [2.24, 2.45) is 0 Å². The minimum atomic E-state index is -0.890. The molecule has 0 saturated carbocycles. The second-order valence-corrected chi connectivity index (χ2v) is 6.51. The van der Waals surface area contributed by atoms with Crippen LogP contribution in [0.1, 0.15) is 48.5 Å². The van der Waals surface area contributed by atoms with Crippen molar-refractivity contribution in [3.63, 3.8) is 0 Å². The number of aromatic carboxylic acids is 1. The smallest absolute Gasteiger partial charge is 0.335 e. The lowest BCUT2D eigenvalue weighted by Crippen LogP contribution is -1.95. The third-order valence-electron chi connectivity index (χ3n) is 4.76. The number of fused-ring (bicyclic) bond motifs is 1. The zero-order chi connectivity index (χ0) is 17.6. The quantitative estimate of drug-likeness (QED) is 0.513. The molecule has 2 nitrogen and oxygen atoms in total. The monoisotopic (exact) mass is 332 g/mol. The number of aryl methyl sites for hydroxylation is 1. The second-order valence-electron chi connectivity index (χ2n) is 6.51. The van der Waals surface area contributed by atoms with E-state index in [2.05, 4.69) is 43.3 Å². The normalized spacial score (nSPS) is 10.9. The number of benzene rings is 3. The van der Waals surface area contributed by atoms with E-state index in [-0.39, 0.29) is 0 Å². The summed E-state index contributed by atoms with van der Waals surface area (Å²) in [4.78, 5) is 11.1. The molecule has 0 aliphatic carbocycles. The Bertz CT molecular complexity index is 863. The van der Waals surface area contributed by atoms with Crippen molar-refractivity contribution < 1.29 is 9.90 Å². The highest BCUT2D eigenvalue weighted by Gasteiger charge is 2.09. The van der Waals surface area contributed by atoms with Gasteiger partial charge in [-0.15, -0.1) is 0 Å². The third-order valence-corrected chi connectivity index (χ3v) is 4.76. The average molecular weight is 332 g/mol. The van der Waals surface area contributed by atoms with Crippen molar-refractivity contribution in [1.82, 2.24) is 0 Å². The van der Waals surface area contributed by atoms with Crippen molar-refractivity contribution in [2.45, 2.75) is 39.0 Å². The van der Waals surface area contributed by atoms with Crippen molar-refractivity contribution in [1.29, 1.82) is 0 Å². The van der Waals surface area contributed by atoms with Crippen LogP contribution < -0.4 is 0 Å². The second kappa shape index (κ2) is 7.98. The van der Waals surface area contributed by atoms with Gasteiger partial charge in [-0.25, -0.2) is 4.79 Å². The molecule has 0 atom stereocenters. The molecule has 0 saturated heterocycles. The van der Waals surface area contributed by atoms with Crippen molar-refractivity contribution in [3.8, 4) is 11.1 Å². The largest absolute Gasteiger partial charge is 0.478 e. The number of hydrogen-bond acceptors (Lipinski definition) is 1. The van der Waals surface area contributed by atoms with E-state index in [9.17, 15) is 4.79 Å². The predicted molar refractivity (Wildman–Crippen MR) is 104 cm³/mol. The molecule has 3 aromatic carbocycles. The van der Waals surface area contributed by atoms with Gasteiger partial charge in [0.05, 0.1) is 5.56 Å².